The molecule has 1 aliphatic rings. The lowest BCUT2D eigenvalue weighted by Crippen LogP contribution is -2.21. The van der Waals surface area contributed by atoms with Crippen LogP contribution in [0.5, 0.6) is 11.5 Å². The second kappa shape index (κ2) is 7.07. The number of thiazole rings is 1. The molecule has 2 heterocycles. The summed E-state index contributed by atoms with van der Waals surface area (Å²) in [6.07, 6.45) is 9.96. The number of rotatable bonds is 4. The van der Waals surface area contributed by atoms with Crippen LogP contribution in [0.4, 0.5) is 5.13 Å². The van der Waals surface area contributed by atoms with Gasteiger partial charge in [0.15, 0.2) is 5.13 Å². The van der Waals surface area contributed by atoms with Crippen LogP contribution in [-0.2, 0) is 0 Å². The van der Waals surface area contributed by atoms with Gasteiger partial charge in [-0.15, -0.1) is 0 Å². The molecule has 0 unspecified atom stereocenters. The molecule has 0 radical (unpaired) electrons. The van der Waals surface area contributed by atoms with E-state index in [0.717, 1.165) is 31.3 Å². The van der Waals surface area contributed by atoms with Crippen molar-refractivity contribution >= 4 is 42.6 Å². The lowest BCUT2D eigenvalue weighted by molar-refractivity contribution is 0.462. The van der Waals surface area contributed by atoms with Crippen LogP contribution in [-0.4, -0.2) is 16.0 Å². The van der Waals surface area contributed by atoms with Gasteiger partial charge in [0.05, 0.1) is 14.7 Å². The summed E-state index contributed by atoms with van der Waals surface area (Å²) < 4.78 is 7.92. The van der Waals surface area contributed by atoms with E-state index in [2.05, 4.69) is 26.2 Å². The van der Waals surface area contributed by atoms with E-state index in [1.54, 1.807) is 23.7 Å². The zero-order valence-electron chi connectivity index (χ0n) is 13.2. The number of benzene rings is 1. The number of hydrogen-bond acceptors (Lipinski definition) is 5. The number of anilines is 1. The van der Waals surface area contributed by atoms with Crippen LogP contribution in [0.3, 0.4) is 0 Å². The van der Waals surface area contributed by atoms with Crippen LogP contribution in [0.2, 0.25) is 0 Å². The number of nitrogens with one attached hydrogen (secondary N) is 1. The third-order valence-corrected chi connectivity index (χ3v) is 5.80. The van der Waals surface area contributed by atoms with Crippen molar-refractivity contribution in [2.45, 2.75) is 38.1 Å². The number of fused-ring (bicyclic) bond motifs is 1. The molecular formula is C18H18BrN3OS. The molecule has 6 heteroatoms. The van der Waals surface area contributed by atoms with Gasteiger partial charge < -0.3 is 10.1 Å². The average Bonchev–Trinajstić information content (AvgIpc) is 2.99. The topological polar surface area (TPSA) is 47.0 Å². The van der Waals surface area contributed by atoms with E-state index in [1.165, 1.54) is 32.1 Å². The SMILES string of the molecule is Brc1cnccc1Oc1ccc2nc(NC3CCCCC3)sc2c1. The van der Waals surface area contributed by atoms with Crippen molar-refractivity contribution < 1.29 is 4.74 Å². The number of aromatic nitrogens is 2. The summed E-state index contributed by atoms with van der Waals surface area (Å²) >= 11 is 5.15. The highest BCUT2D eigenvalue weighted by molar-refractivity contribution is 9.10. The highest BCUT2D eigenvalue weighted by Gasteiger charge is 2.15. The van der Waals surface area contributed by atoms with Crippen LogP contribution in [0.15, 0.2) is 41.1 Å². The zero-order chi connectivity index (χ0) is 16.4. The van der Waals surface area contributed by atoms with Crippen LogP contribution in [0.25, 0.3) is 10.2 Å². The Hall–Kier alpha value is -1.66. The molecule has 1 aliphatic carbocycles. The quantitative estimate of drug-likeness (QED) is 0.580. The van der Waals surface area contributed by atoms with Crippen LogP contribution < -0.4 is 10.1 Å². The Morgan fingerprint density at radius 3 is 2.88 bits per heavy atom. The number of ether oxygens (including phenoxy) is 1. The van der Waals surface area contributed by atoms with E-state index in [-0.39, 0.29) is 0 Å². The fourth-order valence-electron chi connectivity index (χ4n) is 3.02. The summed E-state index contributed by atoms with van der Waals surface area (Å²) in [5.74, 6) is 1.57. The van der Waals surface area contributed by atoms with Crippen LogP contribution in [0, 0.1) is 0 Å². The zero-order valence-corrected chi connectivity index (χ0v) is 15.6. The fraction of sp³-hybridized carbons (Fsp3) is 0.333. The normalized spacial score (nSPS) is 15.5. The molecule has 0 aliphatic heterocycles. The van der Waals surface area contributed by atoms with Gasteiger partial charge in [0.2, 0.25) is 0 Å². The second-order valence-corrected chi connectivity index (χ2v) is 7.92. The second-order valence-electron chi connectivity index (χ2n) is 6.04. The van der Waals surface area contributed by atoms with Crippen molar-refractivity contribution in [2.75, 3.05) is 5.32 Å². The molecule has 1 fully saturated rings. The minimum absolute atomic E-state index is 0.572. The van der Waals surface area contributed by atoms with Crippen molar-refractivity contribution in [3.05, 3.63) is 41.1 Å². The molecule has 0 amide bonds. The summed E-state index contributed by atoms with van der Waals surface area (Å²) in [7, 11) is 0. The largest absolute Gasteiger partial charge is 0.456 e. The number of hydrogen-bond donors (Lipinski definition) is 1. The Bertz CT molecular complexity index is 845. The third kappa shape index (κ3) is 3.54. The number of halogens is 1. The summed E-state index contributed by atoms with van der Waals surface area (Å²) in [5.41, 5.74) is 1.01. The maximum Gasteiger partial charge on any atom is 0.184 e. The minimum Gasteiger partial charge on any atom is -0.456 e. The van der Waals surface area contributed by atoms with Gasteiger partial charge in [0, 0.05) is 30.6 Å². The number of nitrogens with zero attached hydrogens (tertiary/aromatic N) is 2. The molecule has 124 valence electrons. The van der Waals surface area contributed by atoms with Gasteiger partial charge in [0.1, 0.15) is 11.5 Å². The molecule has 1 saturated carbocycles. The van der Waals surface area contributed by atoms with Gasteiger partial charge >= 0.3 is 0 Å². The van der Waals surface area contributed by atoms with Crippen molar-refractivity contribution in [1.29, 1.82) is 0 Å². The maximum atomic E-state index is 5.95. The molecule has 0 bridgehead atoms. The molecule has 0 spiro atoms. The van der Waals surface area contributed by atoms with Crippen LogP contribution >= 0.6 is 27.3 Å². The molecule has 0 saturated heterocycles. The van der Waals surface area contributed by atoms with Crippen molar-refractivity contribution in [3.8, 4) is 11.5 Å². The van der Waals surface area contributed by atoms with E-state index < -0.39 is 0 Å². The summed E-state index contributed by atoms with van der Waals surface area (Å²) in [4.78, 5) is 8.76. The first-order chi connectivity index (χ1) is 11.8. The molecule has 24 heavy (non-hydrogen) atoms. The van der Waals surface area contributed by atoms with Gasteiger partial charge in [-0.25, -0.2) is 4.98 Å². The predicted molar refractivity (Wildman–Crippen MR) is 102 cm³/mol. The average molecular weight is 404 g/mol. The highest BCUT2D eigenvalue weighted by atomic mass is 79.9. The Morgan fingerprint density at radius 1 is 1.17 bits per heavy atom. The van der Waals surface area contributed by atoms with Crippen LogP contribution in [0.1, 0.15) is 32.1 Å². The Kier molecular flexibility index (Phi) is 4.67. The summed E-state index contributed by atoms with van der Waals surface area (Å²) in [6.45, 7) is 0. The highest BCUT2D eigenvalue weighted by Crippen LogP contribution is 2.34. The Labute approximate surface area is 153 Å². The van der Waals surface area contributed by atoms with Gasteiger partial charge in [-0.05, 0) is 40.9 Å². The molecule has 1 aromatic carbocycles. The molecule has 4 rings (SSSR count). The maximum absolute atomic E-state index is 5.95. The smallest absolute Gasteiger partial charge is 0.184 e. The first-order valence-corrected chi connectivity index (χ1v) is 9.83. The van der Waals surface area contributed by atoms with Gasteiger partial charge in [-0.1, -0.05) is 30.6 Å². The lowest BCUT2D eigenvalue weighted by atomic mass is 9.96. The number of pyridine rings is 1. The van der Waals surface area contributed by atoms with Gasteiger partial charge in [-0.2, -0.15) is 0 Å². The minimum atomic E-state index is 0.572. The van der Waals surface area contributed by atoms with E-state index in [4.69, 9.17) is 9.72 Å². The molecule has 4 nitrogen and oxygen atoms in total. The van der Waals surface area contributed by atoms with E-state index in [9.17, 15) is 0 Å². The molecule has 1 N–H and O–H groups in total. The summed E-state index contributed by atoms with van der Waals surface area (Å²) in [5, 5.41) is 4.61. The lowest BCUT2D eigenvalue weighted by Gasteiger charge is -2.22. The summed E-state index contributed by atoms with van der Waals surface area (Å²) in [6, 6.07) is 8.44. The van der Waals surface area contributed by atoms with Gasteiger partial charge in [0.25, 0.3) is 0 Å². The van der Waals surface area contributed by atoms with E-state index >= 15 is 0 Å². The Balaban J connectivity index is 1.53. The first-order valence-electron chi connectivity index (χ1n) is 8.22. The van der Waals surface area contributed by atoms with Crippen molar-refractivity contribution in [3.63, 3.8) is 0 Å². The first kappa shape index (κ1) is 15.8. The standard InChI is InChI=1S/C18H18BrN3OS/c19-14-11-20-9-8-16(14)23-13-6-7-15-17(10-13)24-18(22-15)21-12-4-2-1-3-5-12/h6-12H,1-5H2,(H,21,22). The van der Waals surface area contributed by atoms with E-state index in [0.29, 0.717) is 6.04 Å². The molecule has 3 aromatic rings. The van der Waals surface area contributed by atoms with E-state index in [1.807, 2.05) is 24.3 Å². The Morgan fingerprint density at radius 2 is 2.04 bits per heavy atom. The molecular weight excluding hydrogens is 386 g/mol. The van der Waals surface area contributed by atoms with Gasteiger partial charge in [-0.3, -0.25) is 4.98 Å². The van der Waals surface area contributed by atoms with Crippen molar-refractivity contribution in [2.24, 2.45) is 0 Å². The third-order valence-electron chi connectivity index (χ3n) is 4.26. The molecule has 0 atom stereocenters. The van der Waals surface area contributed by atoms with Crippen molar-refractivity contribution in [1.82, 2.24) is 9.97 Å². The molecule has 2 aromatic heterocycles. The monoisotopic (exact) mass is 403 g/mol. The fourth-order valence-corrected chi connectivity index (χ4v) is 4.33. The predicted octanol–water partition coefficient (Wildman–Crippen LogP) is 5.99.